The highest BCUT2D eigenvalue weighted by atomic mass is 32.2. The number of rotatable bonds is 50. The third-order valence-corrected chi connectivity index (χ3v) is 22.4. The van der Waals surface area contributed by atoms with Gasteiger partial charge in [-0.3, -0.25) is 67.6 Å². The number of nitrogens with two attached hydrogens (primary N) is 1. The second-order valence-corrected chi connectivity index (χ2v) is 33.2. The molecule has 686 valence electrons. The number of carbonyl (C=O) groups is 13. The molecule has 19 atom stereocenters. The fourth-order valence-corrected chi connectivity index (χ4v) is 15.2. The number of hydrogen-bond acceptors (Lipinski definition) is 26. The molecule has 22 N–H and O–H groups in total. The second kappa shape index (κ2) is 55.5. The van der Waals surface area contributed by atoms with Crippen molar-refractivity contribution in [2.75, 3.05) is 84.2 Å². The Morgan fingerprint density at radius 2 is 1.21 bits per heavy atom. The molecule has 122 heavy (non-hydrogen) atoms. The van der Waals surface area contributed by atoms with E-state index in [9.17, 15) is 93.6 Å². The van der Waals surface area contributed by atoms with Crippen LogP contribution in [-0.2, 0) is 78.2 Å². The normalized spacial score (nSPS) is 22.9. The van der Waals surface area contributed by atoms with E-state index in [1.165, 1.54) is 30.3 Å². The van der Waals surface area contributed by atoms with Crippen LogP contribution in [0.25, 0.3) is 0 Å². The van der Waals surface area contributed by atoms with E-state index in [-0.39, 0.29) is 102 Å². The van der Waals surface area contributed by atoms with Crippen LogP contribution in [0.15, 0.2) is 54.6 Å². The second-order valence-electron chi connectivity index (χ2n) is 32.3. The van der Waals surface area contributed by atoms with Crippen LogP contribution in [0.3, 0.4) is 0 Å². The fourth-order valence-electron chi connectivity index (χ4n) is 14.7. The number of benzene rings is 2. The van der Waals surface area contributed by atoms with Gasteiger partial charge in [0.05, 0.1) is 56.9 Å². The monoisotopic (exact) mass is 1740 g/mol. The Morgan fingerprint density at radius 3 is 1.84 bits per heavy atom. The van der Waals surface area contributed by atoms with Gasteiger partial charge in [0.25, 0.3) is 0 Å². The van der Waals surface area contributed by atoms with E-state index in [2.05, 4.69) is 84.6 Å². The summed E-state index contributed by atoms with van der Waals surface area (Å²) >= 11 is 1.50. The Kier molecular flexibility index (Phi) is 47.2. The van der Waals surface area contributed by atoms with Crippen molar-refractivity contribution in [1.82, 2.24) is 73.6 Å². The van der Waals surface area contributed by atoms with Crippen LogP contribution in [0.4, 0.5) is 0 Å². The minimum atomic E-state index is -2.41. The minimum Gasteiger partial charge on any atom is -0.508 e. The highest BCUT2D eigenvalue weighted by Gasteiger charge is 2.49. The third-order valence-electron chi connectivity index (χ3n) is 21.7. The van der Waals surface area contributed by atoms with Gasteiger partial charge in [-0.25, -0.2) is 0 Å². The van der Waals surface area contributed by atoms with E-state index in [1.807, 2.05) is 38.3 Å². The summed E-state index contributed by atoms with van der Waals surface area (Å²) < 4.78 is 11.2. The molecule has 2 aromatic carbocycles. The van der Waals surface area contributed by atoms with E-state index >= 15 is 9.59 Å². The summed E-state index contributed by atoms with van der Waals surface area (Å²) in [6.07, 6.45) is -6.58. The Bertz CT molecular complexity index is 3600. The maximum atomic E-state index is 15.2. The van der Waals surface area contributed by atoms with Gasteiger partial charge < -0.3 is 124 Å². The summed E-state index contributed by atoms with van der Waals surface area (Å²) in [5, 5.41) is 123. The molecule has 3 aliphatic rings. The van der Waals surface area contributed by atoms with Crippen molar-refractivity contribution < 1.29 is 113 Å². The summed E-state index contributed by atoms with van der Waals surface area (Å²) in [7, 11) is 0. The van der Waals surface area contributed by atoms with Gasteiger partial charge in [0, 0.05) is 84.3 Å². The third kappa shape index (κ3) is 35.8. The van der Waals surface area contributed by atoms with Gasteiger partial charge in [-0.1, -0.05) is 122 Å². The Hall–Kier alpha value is -8.74. The standard InChI is InChI=1S/C83H135N15O23S/c1-8-50(4)43-51(5)18-14-11-9-10-12-17-21-67(108)90-60-46-64(105)74(87-33-31-84)96-81(117)71-63(104)29-36-97(71)83(119)69(94-80(116)70(73(110)72(109)54-22-24-55(101)25-23-54)95-79(115)61-45-56(102)47-98(61)82(118)68(52(6)100)93-78(60)114)62(103)28-32-85-65(106)26-27-66(107)86-34-37-120-39-40-121-38-35-88-75(111)59(44-53-19-15-13-16-20-53)92-77(113)58(42-49(2)3)91-76(112)57(89-48-99)30-41-122-7/h13,15-16,19-20,22-25,48-52,56-64,68-74,87,100-105,109-110H,8-12,14,17-18,21,26-47,84H2,1-7H3,(H,85,106)(H,86,107)(H,88,111)(H,89,99)(H,90,108)(H,91,112)(H,92,113)(H,93,114)(H,94,116)(H,95,115)(H,96,117)/t50-,51+,52+,56+,57-,58-,59-,60-,61-,62+,63-,64+,68-,69-,70-,71-,72-,73-,74-/m0/s1. The van der Waals surface area contributed by atoms with Gasteiger partial charge >= 0.3 is 0 Å². The van der Waals surface area contributed by atoms with Crippen molar-refractivity contribution in [3.63, 3.8) is 0 Å². The molecule has 0 unspecified atom stereocenters. The molecule has 39 heteroatoms. The zero-order chi connectivity index (χ0) is 90.0. The number of hydrogen-bond donors (Lipinski definition) is 21. The molecule has 2 aromatic rings. The van der Waals surface area contributed by atoms with Crippen molar-refractivity contribution in [3.8, 4) is 5.75 Å². The van der Waals surface area contributed by atoms with E-state index in [0.717, 1.165) is 72.9 Å². The molecule has 5 rings (SSSR count). The van der Waals surface area contributed by atoms with Gasteiger partial charge in [-0.2, -0.15) is 11.8 Å². The van der Waals surface area contributed by atoms with Crippen molar-refractivity contribution in [2.24, 2.45) is 23.5 Å². The number of aliphatic hydroxyl groups is 7. The molecule has 0 saturated carbocycles. The highest BCUT2D eigenvalue weighted by Crippen LogP contribution is 2.28. The number of aliphatic hydroxyl groups excluding tert-OH is 7. The van der Waals surface area contributed by atoms with Gasteiger partial charge in [-0.15, -0.1) is 0 Å². The molecule has 3 heterocycles. The number of nitrogens with zero attached hydrogens (tertiary/aromatic N) is 2. The molecule has 13 amide bonds. The van der Waals surface area contributed by atoms with Crippen LogP contribution in [0.2, 0.25) is 0 Å². The summed E-state index contributed by atoms with van der Waals surface area (Å²) in [5.41, 5.74) is 6.50. The SMILES string of the molecule is CC[C@H](C)C[C@H](C)CCCCCCCCC(=O)N[C@H]1C[C@@H](O)[C@@H](NCCN)NC(=O)[C@@H]2[C@@H](O)CCN2C(=O)[C@H]([C@H](O)CCNC(=O)CCC(=O)NCCOCCOCCNC(=O)[C@H](Cc2ccccc2)NC(=O)[C@H](CC(C)C)NC(=O)[C@H](CCSC)NC=O)NC(=O)[C@H]([C@H](O)[C@@H](O)c2ccc(O)cc2)NC(=O)[C@@H]2C[C@@H](O)CN2C(=O)[C@H]([C@@H](C)O)NC1=O. The first-order valence-corrected chi connectivity index (χ1v) is 44.0. The zero-order valence-corrected chi connectivity index (χ0v) is 72.1. The van der Waals surface area contributed by atoms with Crippen LogP contribution < -0.4 is 69.5 Å². The van der Waals surface area contributed by atoms with Crippen LogP contribution in [-0.4, -0.2) is 309 Å². The van der Waals surface area contributed by atoms with Gasteiger partial charge in [0.1, 0.15) is 78.5 Å². The number of phenols is 1. The fraction of sp³-hybridized carbons (Fsp3) is 0.699. The summed E-state index contributed by atoms with van der Waals surface area (Å²) in [6, 6.07) is -1.23. The first-order valence-electron chi connectivity index (χ1n) is 42.6. The molecule has 38 nitrogen and oxygen atoms in total. The van der Waals surface area contributed by atoms with E-state index in [4.69, 9.17) is 15.2 Å². The number of nitrogens with one attached hydrogen (secondary N) is 12. The molecule has 0 aromatic heterocycles. The van der Waals surface area contributed by atoms with Crippen LogP contribution in [0.5, 0.6) is 5.75 Å². The molecule has 0 aliphatic carbocycles. The van der Waals surface area contributed by atoms with Crippen LogP contribution in [0.1, 0.15) is 174 Å². The van der Waals surface area contributed by atoms with E-state index in [1.54, 1.807) is 12.1 Å². The number of thioether (sulfide) groups is 1. The van der Waals surface area contributed by atoms with Crippen LogP contribution in [0, 0.1) is 17.8 Å². The lowest BCUT2D eigenvalue weighted by atomic mass is 9.91. The van der Waals surface area contributed by atoms with Gasteiger partial charge in [0.2, 0.25) is 77.3 Å². The highest BCUT2D eigenvalue weighted by molar-refractivity contribution is 7.98. The topological polar surface area (TPSA) is 579 Å². The molecular weight excluding hydrogens is 1610 g/mol. The lowest BCUT2D eigenvalue weighted by Gasteiger charge is -2.35. The minimum absolute atomic E-state index is 0.0162. The molecule has 0 spiro atoms. The van der Waals surface area contributed by atoms with Crippen molar-refractivity contribution in [1.29, 1.82) is 0 Å². The number of fused-ring (bicyclic) bond motifs is 2. The smallest absolute Gasteiger partial charge is 0.248 e. The van der Waals surface area contributed by atoms with Crippen molar-refractivity contribution in [3.05, 3.63) is 65.7 Å². The molecule has 3 aliphatic heterocycles. The molecule has 0 bridgehead atoms. The molecule has 3 fully saturated rings. The first kappa shape index (κ1) is 104. The van der Waals surface area contributed by atoms with E-state index in [0.29, 0.717) is 43.3 Å². The summed E-state index contributed by atoms with van der Waals surface area (Å²) in [6.45, 7) is 10.2. The van der Waals surface area contributed by atoms with Gasteiger partial charge in [0.15, 0.2) is 0 Å². The number of aromatic hydroxyl groups is 1. The van der Waals surface area contributed by atoms with Gasteiger partial charge in [-0.05, 0) is 98.5 Å². The van der Waals surface area contributed by atoms with Crippen LogP contribution >= 0.6 is 11.8 Å². The first-order chi connectivity index (χ1) is 58.2. The summed E-state index contributed by atoms with van der Waals surface area (Å²) in [5.74, 6) is -9.49. The Balaban J connectivity index is 1.27. The molecule has 0 radical (unpaired) electrons. The lowest BCUT2D eigenvalue weighted by Crippen LogP contribution is -2.65. The number of phenolic OH excluding ortho intramolecular Hbond substituents is 1. The molecule has 3 saturated heterocycles. The summed E-state index contributed by atoms with van der Waals surface area (Å²) in [4.78, 5) is 183. The predicted octanol–water partition coefficient (Wildman–Crippen LogP) is -2.98. The lowest BCUT2D eigenvalue weighted by molar-refractivity contribution is -0.148. The number of unbranched alkanes of at least 4 members (excludes halogenated alkanes) is 5. The van der Waals surface area contributed by atoms with Crippen molar-refractivity contribution >= 4 is 89.1 Å². The maximum Gasteiger partial charge on any atom is 0.248 e. The maximum absolute atomic E-state index is 15.2. The number of carbonyl (C=O) groups excluding carboxylic acids is 13. The largest absolute Gasteiger partial charge is 0.508 e. The Labute approximate surface area is 718 Å². The quantitative estimate of drug-likeness (QED) is 0.0232. The molecular formula is C83H135N15O23S. The average molecular weight is 1740 g/mol. The zero-order valence-electron chi connectivity index (χ0n) is 71.3. The average Bonchev–Trinajstić information content (AvgIpc) is 1.72. The number of amides is 13. The van der Waals surface area contributed by atoms with Crippen molar-refractivity contribution in [2.45, 2.75) is 267 Å². The Morgan fingerprint density at radius 1 is 0.607 bits per heavy atom. The predicted molar refractivity (Wildman–Crippen MR) is 450 cm³/mol. The van der Waals surface area contributed by atoms with E-state index < -0.39 is 219 Å². The number of ether oxygens (including phenoxy) is 2.